The van der Waals surface area contributed by atoms with Crippen LogP contribution in [0.1, 0.15) is 20.8 Å². The molecule has 0 aliphatic carbocycles. The van der Waals surface area contributed by atoms with E-state index in [0.29, 0.717) is 0 Å². The second kappa shape index (κ2) is 7.67. The summed E-state index contributed by atoms with van der Waals surface area (Å²) in [6.45, 7) is 5.52. The number of sulfonamides is 1. The number of rotatable bonds is 8. The van der Waals surface area contributed by atoms with E-state index in [-0.39, 0.29) is 32.2 Å². The van der Waals surface area contributed by atoms with Gasteiger partial charge in [0.15, 0.2) is 0 Å². The Morgan fingerprint density at radius 3 is 2.17 bits per heavy atom. The molecule has 0 spiro atoms. The van der Waals surface area contributed by atoms with Crippen LogP contribution < -0.4 is 5.14 Å². The number of carbonyl (C=O) groups is 1. The first kappa shape index (κ1) is 17.3. The van der Waals surface area contributed by atoms with E-state index in [9.17, 15) is 13.2 Å². The van der Waals surface area contributed by atoms with Crippen molar-refractivity contribution in [1.29, 1.82) is 0 Å². The maximum atomic E-state index is 11.2. The zero-order chi connectivity index (χ0) is 14.2. The topological polar surface area (TPSA) is 105 Å². The number of ether oxygens (including phenoxy) is 3. The molecule has 7 nitrogen and oxygen atoms in total. The number of hydrogen-bond acceptors (Lipinski definition) is 6. The first-order valence-corrected chi connectivity index (χ1v) is 7.19. The first-order chi connectivity index (χ1) is 8.10. The van der Waals surface area contributed by atoms with Gasteiger partial charge in [-0.15, -0.1) is 0 Å². The summed E-state index contributed by atoms with van der Waals surface area (Å²) in [6, 6.07) is 0. The molecule has 0 heterocycles. The molecular formula is C10H21NO6S. The number of carbonyl (C=O) groups excluding carboxylic acids is 1. The second-order valence-corrected chi connectivity index (χ2v) is 6.35. The van der Waals surface area contributed by atoms with Crippen LogP contribution >= 0.6 is 0 Å². The Hall–Kier alpha value is -0.700. The van der Waals surface area contributed by atoms with E-state index in [4.69, 9.17) is 19.3 Å². The third-order valence-electron chi connectivity index (χ3n) is 1.52. The zero-order valence-electron chi connectivity index (χ0n) is 11.0. The van der Waals surface area contributed by atoms with Crippen LogP contribution in [0.3, 0.4) is 0 Å². The van der Waals surface area contributed by atoms with Crippen LogP contribution in [-0.2, 0) is 29.0 Å². The van der Waals surface area contributed by atoms with Crippen molar-refractivity contribution in [3.05, 3.63) is 0 Å². The van der Waals surface area contributed by atoms with E-state index >= 15 is 0 Å². The molecule has 0 saturated carbocycles. The molecule has 0 aromatic heterocycles. The monoisotopic (exact) mass is 283 g/mol. The van der Waals surface area contributed by atoms with Crippen LogP contribution in [0.5, 0.6) is 0 Å². The van der Waals surface area contributed by atoms with E-state index in [1.54, 1.807) is 20.8 Å². The summed E-state index contributed by atoms with van der Waals surface area (Å²) in [7, 11) is -3.49. The van der Waals surface area contributed by atoms with Crippen molar-refractivity contribution in [2.45, 2.75) is 26.4 Å². The van der Waals surface area contributed by atoms with Crippen molar-refractivity contribution < 1.29 is 27.4 Å². The molecule has 0 radical (unpaired) electrons. The highest BCUT2D eigenvalue weighted by Gasteiger charge is 2.15. The minimum Gasteiger partial charge on any atom is -0.458 e. The minimum absolute atomic E-state index is 0.00856. The highest BCUT2D eigenvalue weighted by atomic mass is 32.2. The second-order valence-electron chi connectivity index (χ2n) is 4.62. The van der Waals surface area contributed by atoms with Crippen LogP contribution in [0.15, 0.2) is 0 Å². The largest absolute Gasteiger partial charge is 0.458 e. The van der Waals surface area contributed by atoms with Gasteiger partial charge < -0.3 is 14.2 Å². The van der Waals surface area contributed by atoms with Crippen molar-refractivity contribution in [2.75, 3.05) is 32.2 Å². The average molecular weight is 283 g/mol. The van der Waals surface area contributed by atoms with Crippen molar-refractivity contribution >= 4 is 16.0 Å². The molecule has 0 atom stereocenters. The zero-order valence-corrected chi connectivity index (χ0v) is 11.8. The van der Waals surface area contributed by atoms with Crippen molar-refractivity contribution in [3.8, 4) is 0 Å². The van der Waals surface area contributed by atoms with Gasteiger partial charge in [0, 0.05) is 0 Å². The summed E-state index contributed by atoms with van der Waals surface area (Å²) in [5.41, 5.74) is -0.535. The minimum atomic E-state index is -3.49. The van der Waals surface area contributed by atoms with Crippen molar-refractivity contribution in [2.24, 2.45) is 5.14 Å². The Morgan fingerprint density at radius 1 is 1.11 bits per heavy atom. The van der Waals surface area contributed by atoms with Gasteiger partial charge in [-0.1, -0.05) is 0 Å². The summed E-state index contributed by atoms with van der Waals surface area (Å²) in [5.74, 6) is -0.689. The summed E-state index contributed by atoms with van der Waals surface area (Å²) < 4.78 is 36.1. The lowest BCUT2D eigenvalue weighted by Gasteiger charge is -2.19. The molecule has 0 aliphatic rings. The molecule has 108 valence electrons. The Bertz CT molecular complexity index is 346. The Kier molecular flexibility index (Phi) is 7.37. The standard InChI is InChI=1S/C10H21NO6S/c1-10(2,3)17-9(12)8-16-5-4-15-6-7-18(11,13)14/h4-8H2,1-3H3,(H2,11,13,14). The summed E-state index contributed by atoms with van der Waals surface area (Å²) in [4.78, 5) is 11.2. The fourth-order valence-corrected chi connectivity index (χ4v) is 1.27. The summed E-state index contributed by atoms with van der Waals surface area (Å²) >= 11 is 0. The Morgan fingerprint density at radius 2 is 1.67 bits per heavy atom. The molecule has 0 aromatic carbocycles. The third kappa shape index (κ3) is 13.4. The van der Waals surface area contributed by atoms with Gasteiger partial charge in [-0.3, -0.25) is 0 Å². The number of primary sulfonamides is 1. The molecule has 0 amide bonds. The molecule has 0 unspecified atom stereocenters. The molecular weight excluding hydrogens is 262 g/mol. The van der Waals surface area contributed by atoms with E-state index in [0.717, 1.165) is 0 Å². The van der Waals surface area contributed by atoms with Crippen LogP contribution in [0.2, 0.25) is 0 Å². The number of nitrogens with two attached hydrogens (primary N) is 1. The molecule has 0 saturated heterocycles. The van der Waals surface area contributed by atoms with Gasteiger partial charge in [-0.25, -0.2) is 18.4 Å². The van der Waals surface area contributed by atoms with Crippen LogP contribution in [-0.4, -0.2) is 52.2 Å². The van der Waals surface area contributed by atoms with Crippen LogP contribution in [0.4, 0.5) is 0 Å². The quantitative estimate of drug-likeness (QED) is 0.482. The summed E-state index contributed by atoms with van der Waals surface area (Å²) in [5, 5.41) is 4.77. The smallest absolute Gasteiger partial charge is 0.332 e. The fourth-order valence-electron chi connectivity index (χ4n) is 0.921. The fraction of sp³-hybridized carbons (Fsp3) is 0.900. The number of hydrogen-bond donors (Lipinski definition) is 1. The van der Waals surface area contributed by atoms with Gasteiger partial charge in [0.05, 0.1) is 25.6 Å². The van der Waals surface area contributed by atoms with Crippen LogP contribution in [0.25, 0.3) is 0 Å². The maximum Gasteiger partial charge on any atom is 0.332 e. The first-order valence-electron chi connectivity index (χ1n) is 5.48. The van der Waals surface area contributed by atoms with Crippen LogP contribution in [0, 0.1) is 0 Å². The molecule has 18 heavy (non-hydrogen) atoms. The lowest BCUT2D eigenvalue weighted by molar-refractivity contribution is -0.160. The van der Waals surface area contributed by atoms with Crippen molar-refractivity contribution in [3.63, 3.8) is 0 Å². The maximum absolute atomic E-state index is 11.2. The van der Waals surface area contributed by atoms with Crippen molar-refractivity contribution in [1.82, 2.24) is 0 Å². The molecule has 0 rings (SSSR count). The highest BCUT2D eigenvalue weighted by molar-refractivity contribution is 7.89. The normalized spacial score (nSPS) is 12.4. The SMILES string of the molecule is CC(C)(C)OC(=O)COCCOCCS(N)(=O)=O. The van der Waals surface area contributed by atoms with Gasteiger partial charge in [-0.2, -0.15) is 0 Å². The Labute approximate surface area is 108 Å². The molecule has 0 aromatic rings. The third-order valence-corrected chi connectivity index (χ3v) is 2.26. The molecule has 0 bridgehead atoms. The van der Waals surface area contributed by atoms with Gasteiger partial charge in [0.2, 0.25) is 10.0 Å². The number of esters is 1. The highest BCUT2D eigenvalue weighted by Crippen LogP contribution is 2.06. The average Bonchev–Trinajstić information content (AvgIpc) is 2.11. The lowest BCUT2D eigenvalue weighted by Crippen LogP contribution is -2.27. The van der Waals surface area contributed by atoms with Gasteiger partial charge in [-0.05, 0) is 20.8 Å². The lowest BCUT2D eigenvalue weighted by atomic mass is 10.2. The predicted molar refractivity (Wildman–Crippen MR) is 65.5 cm³/mol. The Balaban J connectivity index is 3.44. The van der Waals surface area contributed by atoms with E-state index in [1.165, 1.54) is 0 Å². The predicted octanol–water partition coefficient (Wildman–Crippen LogP) is -0.350. The molecule has 0 fully saturated rings. The van der Waals surface area contributed by atoms with E-state index < -0.39 is 21.6 Å². The molecule has 0 aliphatic heterocycles. The summed E-state index contributed by atoms with van der Waals surface area (Å²) in [6.07, 6.45) is 0. The van der Waals surface area contributed by atoms with Gasteiger partial charge in [0.1, 0.15) is 12.2 Å². The van der Waals surface area contributed by atoms with E-state index in [2.05, 4.69) is 0 Å². The molecule has 2 N–H and O–H groups in total. The molecule has 8 heteroatoms. The van der Waals surface area contributed by atoms with E-state index in [1.807, 2.05) is 0 Å². The van der Waals surface area contributed by atoms with Gasteiger partial charge >= 0.3 is 5.97 Å². The van der Waals surface area contributed by atoms with Gasteiger partial charge in [0.25, 0.3) is 0 Å².